The van der Waals surface area contributed by atoms with Crippen molar-refractivity contribution in [3.8, 4) is 11.3 Å². The van der Waals surface area contributed by atoms with Crippen LogP contribution in [-0.4, -0.2) is 54.2 Å². The highest BCUT2D eigenvalue weighted by Gasteiger charge is 2.23. The number of hydrogen-bond donors (Lipinski definition) is 1. The lowest BCUT2D eigenvalue weighted by atomic mass is 10.1. The maximum absolute atomic E-state index is 9.22. The van der Waals surface area contributed by atoms with Gasteiger partial charge in [-0.2, -0.15) is 0 Å². The van der Waals surface area contributed by atoms with E-state index in [4.69, 9.17) is 4.42 Å². The highest BCUT2D eigenvalue weighted by Crippen LogP contribution is 2.24. The summed E-state index contributed by atoms with van der Waals surface area (Å²) in [6, 6.07) is 13.1. The van der Waals surface area contributed by atoms with E-state index in [2.05, 4.69) is 41.1 Å². The van der Waals surface area contributed by atoms with E-state index in [1.54, 1.807) is 0 Å². The summed E-state index contributed by atoms with van der Waals surface area (Å²) in [7, 11) is 2.15. The minimum absolute atomic E-state index is 0.260. The van der Waals surface area contributed by atoms with E-state index < -0.39 is 0 Å². The Labute approximate surface area is 138 Å². The molecule has 1 aromatic heterocycles. The molecule has 0 radical (unpaired) electrons. The van der Waals surface area contributed by atoms with Gasteiger partial charge >= 0.3 is 0 Å². The van der Waals surface area contributed by atoms with Gasteiger partial charge in [-0.15, -0.1) is 0 Å². The van der Waals surface area contributed by atoms with Gasteiger partial charge < -0.3 is 14.4 Å². The van der Waals surface area contributed by atoms with Crippen molar-refractivity contribution in [3.63, 3.8) is 0 Å². The molecule has 2 heterocycles. The van der Waals surface area contributed by atoms with Crippen molar-refractivity contribution >= 4 is 0 Å². The Hall–Kier alpha value is -1.62. The Morgan fingerprint density at radius 3 is 2.83 bits per heavy atom. The predicted molar refractivity (Wildman–Crippen MR) is 92.3 cm³/mol. The fourth-order valence-electron chi connectivity index (χ4n) is 3.29. The van der Waals surface area contributed by atoms with E-state index in [1.165, 1.54) is 5.56 Å². The average Bonchev–Trinajstić information content (AvgIpc) is 2.98. The fraction of sp³-hybridized carbons (Fsp3) is 0.474. The zero-order valence-electron chi connectivity index (χ0n) is 14.0. The zero-order valence-corrected chi connectivity index (χ0v) is 14.0. The molecule has 1 aromatic carbocycles. The van der Waals surface area contributed by atoms with E-state index in [9.17, 15) is 5.11 Å². The van der Waals surface area contributed by atoms with Gasteiger partial charge in [0.15, 0.2) is 0 Å². The van der Waals surface area contributed by atoms with Crippen LogP contribution >= 0.6 is 0 Å². The lowest BCUT2D eigenvalue weighted by Gasteiger charge is -2.39. The third-order valence-electron chi connectivity index (χ3n) is 4.68. The molecule has 1 aliphatic rings. The molecule has 1 aliphatic heterocycles. The van der Waals surface area contributed by atoms with Crippen LogP contribution in [0.2, 0.25) is 0 Å². The van der Waals surface area contributed by atoms with E-state index >= 15 is 0 Å². The average molecular weight is 314 g/mol. The molecule has 0 spiro atoms. The second kappa shape index (κ2) is 7.30. The van der Waals surface area contributed by atoms with E-state index in [0.29, 0.717) is 6.04 Å². The van der Waals surface area contributed by atoms with Crippen molar-refractivity contribution < 1.29 is 9.52 Å². The first kappa shape index (κ1) is 16.2. The third-order valence-corrected chi connectivity index (χ3v) is 4.68. The maximum atomic E-state index is 9.22. The Morgan fingerprint density at radius 2 is 2.09 bits per heavy atom. The van der Waals surface area contributed by atoms with E-state index in [0.717, 1.165) is 49.7 Å². The van der Waals surface area contributed by atoms with Crippen molar-refractivity contribution in [2.24, 2.45) is 0 Å². The Morgan fingerprint density at radius 1 is 1.22 bits per heavy atom. The van der Waals surface area contributed by atoms with Crippen molar-refractivity contribution in [1.29, 1.82) is 0 Å². The van der Waals surface area contributed by atoms with Gasteiger partial charge in [-0.1, -0.05) is 18.2 Å². The third kappa shape index (κ3) is 4.02. The van der Waals surface area contributed by atoms with E-state index in [1.807, 2.05) is 19.1 Å². The molecule has 1 atom stereocenters. The molecular formula is C19H26N2O2. The topological polar surface area (TPSA) is 39.9 Å². The minimum Gasteiger partial charge on any atom is -0.461 e. The summed E-state index contributed by atoms with van der Waals surface area (Å²) in [5.74, 6) is 1.87. The highest BCUT2D eigenvalue weighted by molar-refractivity contribution is 5.58. The van der Waals surface area contributed by atoms with Crippen LogP contribution in [0.4, 0.5) is 0 Å². The van der Waals surface area contributed by atoms with Gasteiger partial charge in [0.25, 0.3) is 0 Å². The molecule has 1 unspecified atom stereocenters. The number of piperazine rings is 1. The molecule has 23 heavy (non-hydrogen) atoms. The van der Waals surface area contributed by atoms with Gasteiger partial charge in [-0.3, -0.25) is 4.90 Å². The second-order valence-electron chi connectivity index (χ2n) is 6.49. The smallest absolute Gasteiger partial charge is 0.134 e. The molecule has 0 bridgehead atoms. The van der Waals surface area contributed by atoms with Gasteiger partial charge in [0.2, 0.25) is 0 Å². The Bertz CT molecular complexity index is 638. The largest absolute Gasteiger partial charge is 0.461 e. The molecule has 3 rings (SSSR count). The first-order valence-electron chi connectivity index (χ1n) is 8.35. The summed E-state index contributed by atoms with van der Waals surface area (Å²) in [5.41, 5.74) is 2.44. The standard InChI is InChI=1S/C19H26N2O2/c1-15-6-7-19(23-15)17-5-3-4-16(12-17)13-21-10-9-20(2)18(14-21)8-11-22/h3-7,12,18,22H,8-11,13-14H2,1-2H3. The van der Waals surface area contributed by atoms with E-state index in [-0.39, 0.29) is 6.61 Å². The predicted octanol–water partition coefficient (Wildman–Crippen LogP) is 2.75. The molecule has 1 fully saturated rings. The van der Waals surface area contributed by atoms with Crippen LogP contribution in [0, 0.1) is 6.92 Å². The number of rotatable bonds is 5. The maximum Gasteiger partial charge on any atom is 0.134 e. The summed E-state index contributed by atoms with van der Waals surface area (Å²) >= 11 is 0. The fourth-order valence-corrected chi connectivity index (χ4v) is 3.29. The normalized spacial score (nSPS) is 20.0. The number of aliphatic hydroxyl groups excluding tert-OH is 1. The van der Waals surface area contributed by atoms with Crippen LogP contribution in [0.25, 0.3) is 11.3 Å². The van der Waals surface area contributed by atoms with Crippen LogP contribution in [0.3, 0.4) is 0 Å². The van der Waals surface area contributed by atoms with Gasteiger partial charge in [0.1, 0.15) is 11.5 Å². The highest BCUT2D eigenvalue weighted by atomic mass is 16.3. The Kier molecular flexibility index (Phi) is 5.16. The van der Waals surface area contributed by atoms with Crippen molar-refractivity contribution in [3.05, 3.63) is 47.7 Å². The van der Waals surface area contributed by atoms with Crippen LogP contribution in [0.1, 0.15) is 17.7 Å². The molecule has 0 amide bonds. The lowest BCUT2D eigenvalue weighted by molar-refractivity contribution is 0.0743. The van der Waals surface area contributed by atoms with Gasteiger partial charge in [0, 0.05) is 44.4 Å². The zero-order chi connectivity index (χ0) is 16.2. The van der Waals surface area contributed by atoms with Gasteiger partial charge in [-0.05, 0) is 44.2 Å². The summed E-state index contributed by atoms with van der Waals surface area (Å²) in [6.07, 6.45) is 0.846. The molecule has 0 aliphatic carbocycles. The van der Waals surface area contributed by atoms with Crippen LogP contribution in [0.15, 0.2) is 40.8 Å². The van der Waals surface area contributed by atoms with Gasteiger partial charge in [-0.25, -0.2) is 0 Å². The van der Waals surface area contributed by atoms with Crippen molar-refractivity contribution in [2.75, 3.05) is 33.3 Å². The molecule has 4 nitrogen and oxygen atoms in total. The summed E-state index contributed by atoms with van der Waals surface area (Å²) in [5, 5.41) is 9.22. The van der Waals surface area contributed by atoms with Crippen molar-refractivity contribution in [1.82, 2.24) is 9.80 Å². The second-order valence-corrected chi connectivity index (χ2v) is 6.49. The molecule has 1 N–H and O–H groups in total. The number of benzene rings is 1. The lowest BCUT2D eigenvalue weighted by Crippen LogP contribution is -2.51. The number of furan rings is 1. The number of aryl methyl sites for hydroxylation is 1. The van der Waals surface area contributed by atoms with Crippen LogP contribution in [0.5, 0.6) is 0 Å². The molecular weight excluding hydrogens is 288 g/mol. The molecule has 1 saturated heterocycles. The monoisotopic (exact) mass is 314 g/mol. The summed E-state index contributed by atoms with van der Waals surface area (Å²) in [4.78, 5) is 4.83. The number of aliphatic hydroxyl groups is 1. The molecule has 4 heteroatoms. The number of hydrogen-bond acceptors (Lipinski definition) is 4. The first-order chi connectivity index (χ1) is 11.2. The van der Waals surface area contributed by atoms with Crippen LogP contribution < -0.4 is 0 Å². The Balaban J connectivity index is 1.68. The SMILES string of the molecule is Cc1ccc(-c2cccc(CN3CCN(C)C(CCO)C3)c2)o1. The molecule has 2 aromatic rings. The minimum atomic E-state index is 0.260. The van der Waals surface area contributed by atoms with Crippen LogP contribution in [-0.2, 0) is 6.54 Å². The summed E-state index contributed by atoms with van der Waals surface area (Å²) < 4.78 is 5.73. The van der Waals surface area contributed by atoms with Crippen molar-refractivity contribution in [2.45, 2.75) is 25.9 Å². The first-order valence-corrected chi connectivity index (χ1v) is 8.35. The summed E-state index contributed by atoms with van der Waals surface area (Å²) in [6.45, 7) is 6.32. The molecule has 124 valence electrons. The number of nitrogens with zero attached hydrogens (tertiary/aromatic N) is 2. The van der Waals surface area contributed by atoms with Gasteiger partial charge in [0.05, 0.1) is 0 Å². The number of likely N-dealkylation sites (N-methyl/N-ethyl adjacent to an activating group) is 1. The quantitative estimate of drug-likeness (QED) is 0.921. The molecule has 0 saturated carbocycles.